The van der Waals surface area contributed by atoms with Gasteiger partial charge in [-0.3, -0.25) is 19.2 Å². The van der Waals surface area contributed by atoms with Crippen LogP contribution in [0.5, 0.6) is 0 Å². The maximum absolute atomic E-state index is 13.7. The van der Waals surface area contributed by atoms with E-state index in [9.17, 15) is 41.9 Å². The lowest BCUT2D eigenvalue weighted by Crippen LogP contribution is -2.52. The van der Waals surface area contributed by atoms with Crippen molar-refractivity contribution < 1.29 is 51.4 Å². The third kappa shape index (κ3) is 12.2. The van der Waals surface area contributed by atoms with Crippen LogP contribution in [-0.2, 0) is 34.8 Å². The van der Waals surface area contributed by atoms with Crippen LogP contribution in [0.15, 0.2) is 72.8 Å². The number of nitrogens with zero attached hydrogens (tertiary/aromatic N) is 3. The highest BCUT2D eigenvalue weighted by Crippen LogP contribution is 2.47. The van der Waals surface area contributed by atoms with E-state index in [2.05, 4.69) is 20.9 Å². The number of carbonyl (C=O) groups excluding carboxylic acids is 6. The van der Waals surface area contributed by atoms with Crippen molar-refractivity contribution >= 4 is 76.4 Å². The second kappa shape index (κ2) is 22.7. The Kier molecular flexibility index (Phi) is 17.1. The second-order valence-corrected chi connectivity index (χ2v) is 18.3. The monoisotopic (exact) mass is 955 g/mol. The molecule has 3 aliphatic rings. The van der Waals surface area contributed by atoms with Crippen LogP contribution in [0.25, 0.3) is 0 Å². The number of methoxy groups -OCH3 is 1. The van der Waals surface area contributed by atoms with Crippen molar-refractivity contribution in [2.24, 2.45) is 5.73 Å². The fourth-order valence-electron chi connectivity index (χ4n) is 8.96. The first-order chi connectivity index (χ1) is 31.6. The van der Waals surface area contributed by atoms with Crippen molar-refractivity contribution in [1.29, 1.82) is 0 Å². The van der Waals surface area contributed by atoms with E-state index in [-0.39, 0.29) is 36.2 Å². The summed E-state index contributed by atoms with van der Waals surface area (Å²) in [6.45, 7) is 0.693. The Morgan fingerprint density at radius 1 is 0.712 bits per heavy atom. The van der Waals surface area contributed by atoms with E-state index in [4.69, 9.17) is 15.2 Å². The van der Waals surface area contributed by atoms with Gasteiger partial charge in [0, 0.05) is 36.6 Å². The van der Waals surface area contributed by atoms with Crippen molar-refractivity contribution in [2.75, 3.05) is 59.8 Å². The first-order valence-corrected chi connectivity index (χ1v) is 24.6. The normalized spacial score (nSPS) is 20.4. The van der Waals surface area contributed by atoms with Gasteiger partial charge in [-0.15, -0.1) is 0 Å². The molecule has 0 bridgehead atoms. The third-order valence-corrected chi connectivity index (χ3v) is 13.5. The second-order valence-electron chi connectivity index (χ2n) is 16.3. The van der Waals surface area contributed by atoms with E-state index in [0.29, 0.717) is 86.6 Å². The molecule has 3 aromatic rings. The number of alkyl carbamates (subject to hydrolysis) is 1. The number of likely N-dealkylation sites (tertiary alicyclic amines) is 2. The summed E-state index contributed by atoms with van der Waals surface area (Å²) in [4.78, 5) is 82.8. The first kappa shape index (κ1) is 49.8. The fraction of sp³-hybridized carbons (Fsp3) is 0.478. The minimum absolute atomic E-state index is 0.258. The molecule has 0 aliphatic carbocycles. The van der Waals surface area contributed by atoms with Crippen molar-refractivity contribution in [3.63, 3.8) is 0 Å². The molecule has 15 nitrogen and oxygen atoms in total. The Morgan fingerprint density at radius 3 is 1.65 bits per heavy atom. The summed E-state index contributed by atoms with van der Waals surface area (Å²) >= 11 is 3.02. The maximum Gasteiger partial charge on any atom is 0.416 e. The van der Waals surface area contributed by atoms with Gasteiger partial charge in [0.1, 0.15) is 18.1 Å². The van der Waals surface area contributed by atoms with Gasteiger partial charge in [0.05, 0.1) is 24.8 Å². The van der Waals surface area contributed by atoms with Gasteiger partial charge in [-0.2, -0.15) is 36.7 Å². The summed E-state index contributed by atoms with van der Waals surface area (Å²) in [7, 11) is 1.22. The number of carbonyl (C=O) groups is 6. The van der Waals surface area contributed by atoms with Gasteiger partial charge in [-0.1, -0.05) is 24.3 Å². The van der Waals surface area contributed by atoms with E-state index in [1.54, 1.807) is 24.3 Å². The Hall–Kier alpha value is -5.63. The number of halogens is 3. The van der Waals surface area contributed by atoms with Crippen LogP contribution in [0.2, 0.25) is 0 Å². The summed E-state index contributed by atoms with van der Waals surface area (Å²) in [5.74, 6) is -0.403. The molecule has 0 spiro atoms. The molecule has 0 aromatic heterocycles. The van der Waals surface area contributed by atoms with Gasteiger partial charge in [0.15, 0.2) is 6.10 Å². The fourth-order valence-corrected chi connectivity index (χ4v) is 9.88. The number of anilines is 3. The molecule has 3 heterocycles. The maximum atomic E-state index is 13.7. The van der Waals surface area contributed by atoms with E-state index < -0.39 is 54.1 Å². The van der Waals surface area contributed by atoms with Crippen molar-refractivity contribution in [2.45, 2.75) is 93.9 Å². The number of benzene rings is 3. The number of hydrogen-bond donors (Lipinski definition) is 4. The summed E-state index contributed by atoms with van der Waals surface area (Å²) < 4.78 is 50.8. The molecular weight excluding hydrogens is 900 g/mol. The van der Waals surface area contributed by atoms with Gasteiger partial charge in [0.2, 0.25) is 17.7 Å². The molecule has 0 radical (unpaired) electrons. The topological polar surface area (TPSA) is 193 Å². The molecular formula is C46H56F3N7O8S2. The van der Waals surface area contributed by atoms with E-state index in [1.807, 2.05) is 36.8 Å². The number of nitrogens with two attached hydrogens (primary N) is 1. The number of nitrogens with one attached hydrogen (secondary N) is 3. The highest BCUT2D eigenvalue weighted by molar-refractivity contribution is 7.98. The minimum Gasteiger partial charge on any atom is -0.453 e. The SMILES string of the molecule is COC(=O)N[C@@H](CCSC)C(=O)N1CCCC1C(=O)Nc1ccc([C@H]2CC[C@H](c3ccc(NC(=O)[C@@H]4CCCN4C(=O)[C@H](CCSC)OC(N)=O)cc3)N2c2ccc(C(F)(F)F)cc2)cc1. The Labute approximate surface area is 390 Å². The smallest absolute Gasteiger partial charge is 0.416 e. The molecule has 3 aliphatic heterocycles. The van der Waals surface area contributed by atoms with Crippen LogP contribution >= 0.6 is 23.5 Å². The Morgan fingerprint density at radius 2 is 1.20 bits per heavy atom. The highest BCUT2D eigenvalue weighted by atomic mass is 32.2. The molecule has 20 heteroatoms. The molecule has 3 saturated heterocycles. The van der Waals surface area contributed by atoms with Gasteiger partial charge in [-0.05, 0) is 129 Å². The largest absolute Gasteiger partial charge is 0.453 e. The lowest BCUT2D eigenvalue weighted by Gasteiger charge is -2.33. The number of amides is 6. The molecule has 6 amide bonds. The van der Waals surface area contributed by atoms with Crippen molar-refractivity contribution in [3.05, 3.63) is 89.5 Å². The molecule has 66 heavy (non-hydrogen) atoms. The predicted octanol–water partition coefficient (Wildman–Crippen LogP) is 7.34. The average molecular weight is 956 g/mol. The van der Waals surface area contributed by atoms with Crippen LogP contribution < -0.4 is 26.6 Å². The molecule has 6 rings (SSSR count). The van der Waals surface area contributed by atoms with Crippen LogP contribution in [0.4, 0.5) is 39.8 Å². The molecule has 1 unspecified atom stereocenters. The minimum atomic E-state index is -4.52. The summed E-state index contributed by atoms with van der Waals surface area (Å²) in [5, 5.41) is 8.45. The van der Waals surface area contributed by atoms with Gasteiger partial charge in [0.25, 0.3) is 5.91 Å². The van der Waals surface area contributed by atoms with Crippen molar-refractivity contribution in [1.82, 2.24) is 15.1 Å². The average Bonchev–Trinajstić information content (AvgIpc) is 4.10. The Balaban J connectivity index is 1.16. The molecule has 3 fully saturated rings. The number of rotatable bonds is 17. The van der Waals surface area contributed by atoms with Gasteiger partial charge < -0.3 is 45.9 Å². The predicted molar refractivity (Wildman–Crippen MR) is 248 cm³/mol. The summed E-state index contributed by atoms with van der Waals surface area (Å²) in [6.07, 6.45) is 0.377. The van der Waals surface area contributed by atoms with Crippen LogP contribution in [0.1, 0.15) is 80.1 Å². The highest BCUT2D eigenvalue weighted by Gasteiger charge is 2.41. The van der Waals surface area contributed by atoms with E-state index in [1.165, 1.54) is 52.6 Å². The zero-order valence-corrected chi connectivity index (χ0v) is 38.6. The number of alkyl halides is 3. The lowest BCUT2D eigenvalue weighted by molar-refractivity contribution is -0.144. The number of thioether (sulfide) groups is 2. The molecule has 0 saturated carbocycles. The summed E-state index contributed by atoms with van der Waals surface area (Å²) in [6, 6.07) is 16.7. The third-order valence-electron chi connectivity index (χ3n) is 12.2. The number of hydrogen-bond acceptors (Lipinski definition) is 11. The molecule has 356 valence electrons. The Bertz CT molecular complexity index is 2190. The number of primary amides is 1. The molecule has 5 N–H and O–H groups in total. The lowest BCUT2D eigenvalue weighted by atomic mass is 10.0. The zero-order chi connectivity index (χ0) is 47.5. The van der Waals surface area contributed by atoms with Crippen molar-refractivity contribution in [3.8, 4) is 0 Å². The zero-order valence-electron chi connectivity index (χ0n) is 37.0. The van der Waals surface area contributed by atoms with E-state index >= 15 is 0 Å². The molecule has 3 aromatic carbocycles. The standard InChI is InChI=1S/C46H56F3N7O8S2/c1-63-45(62)53-34(22-26-65-2)42(59)54-24-4-6-37(54)40(57)51-31-14-8-28(9-15-31)35-20-21-36(56(35)33-18-12-30(13-19-33)46(47,48)49)29-10-16-32(17-11-29)52-41(58)38-7-5-25-55(38)43(60)39(23-27-66-3)64-44(50)61/h8-19,34-39H,4-7,20-27H2,1-3H3,(H2,50,61)(H,51,57)(H,52,58)(H,53,62)/t34-,35+,36+,37?,38-,39-/m0/s1. The van der Waals surface area contributed by atoms with Gasteiger partial charge in [-0.25, -0.2) is 9.59 Å². The van der Waals surface area contributed by atoms with Crippen LogP contribution in [0.3, 0.4) is 0 Å². The summed E-state index contributed by atoms with van der Waals surface area (Å²) in [5.41, 5.74) is 7.77. The first-order valence-electron chi connectivity index (χ1n) is 21.8. The number of ether oxygens (including phenoxy) is 2. The van der Waals surface area contributed by atoms with Crippen LogP contribution in [0, 0.1) is 0 Å². The quantitative estimate of drug-likeness (QED) is 0.106. The van der Waals surface area contributed by atoms with E-state index in [0.717, 1.165) is 23.3 Å². The van der Waals surface area contributed by atoms with Gasteiger partial charge >= 0.3 is 18.4 Å². The van der Waals surface area contributed by atoms with Crippen LogP contribution in [-0.4, -0.2) is 114 Å². The molecule has 6 atom stereocenters.